The molecule has 0 fully saturated rings. The molecule has 8 nitrogen and oxygen atoms in total. The van der Waals surface area contributed by atoms with Gasteiger partial charge < -0.3 is 10.5 Å². The van der Waals surface area contributed by atoms with Crippen molar-refractivity contribution in [1.29, 1.82) is 0 Å². The van der Waals surface area contributed by atoms with Crippen molar-refractivity contribution in [3.05, 3.63) is 18.2 Å². The first-order valence-corrected chi connectivity index (χ1v) is 8.72. The van der Waals surface area contributed by atoms with Crippen LogP contribution in [0.1, 0.15) is 6.92 Å². The highest BCUT2D eigenvalue weighted by Gasteiger charge is 2.17. The monoisotopic (exact) mass is 324 g/mol. The van der Waals surface area contributed by atoms with Crippen LogP contribution in [-0.4, -0.2) is 40.3 Å². The lowest BCUT2D eigenvalue weighted by atomic mass is 10.3. The van der Waals surface area contributed by atoms with E-state index in [2.05, 4.69) is 4.72 Å². The molecular weight excluding hydrogens is 308 g/mol. The van der Waals surface area contributed by atoms with Gasteiger partial charge in [0.15, 0.2) is 0 Å². The van der Waals surface area contributed by atoms with Crippen LogP contribution in [0, 0.1) is 0 Å². The van der Waals surface area contributed by atoms with Crippen LogP contribution in [0.5, 0.6) is 5.75 Å². The lowest BCUT2D eigenvalue weighted by molar-refractivity contribution is 0.341. The van der Waals surface area contributed by atoms with Crippen LogP contribution in [0.3, 0.4) is 0 Å². The van der Waals surface area contributed by atoms with Gasteiger partial charge in [0.1, 0.15) is 5.75 Å². The van der Waals surface area contributed by atoms with E-state index in [1.807, 2.05) is 0 Å². The van der Waals surface area contributed by atoms with Gasteiger partial charge in [0.2, 0.25) is 10.0 Å². The minimum atomic E-state index is -4.22. The fraction of sp³-hybridized carbons (Fsp3) is 0.400. The highest BCUT2D eigenvalue weighted by molar-refractivity contribution is 7.89. The maximum absolute atomic E-state index is 11.9. The van der Waals surface area contributed by atoms with E-state index in [9.17, 15) is 16.8 Å². The lowest BCUT2D eigenvalue weighted by Crippen LogP contribution is -2.29. The van der Waals surface area contributed by atoms with Crippen molar-refractivity contribution >= 4 is 25.8 Å². The van der Waals surface area contributed by atoms with Crippen molar-refractivity contribution in [2.45, 2.75) is 11.8 Å². The minimum absolute atomic E-state index is 0.106. The molecule has 1 aromatic rings. The number of rotatable bonds is 7. The summed E-state index contributed by atoms with van der Waals surface area (Å²) in [5.41, 5.74) is 5.92. The second-order valence-corrected chi connectivity index (χ2v) is 7.16. The third kappa shape index (κ3) is 4.96. The van der Waals surface area contributed by atoms with Crippen LogP contribution < -0.4 is 15.2 Å². The van der Waals surface area contributed by atoms with Gasteiger partial charge in [-0.2, -0.15) is 8.42 Å². The maximum atomic E-state index is 11.9. The van der Waals surface area contributed by atoms with Gasteiger partial charge in [0, 0.05) is 12.6 Å². The molecule has 1 aromatic carbocycles. The van der Waals surface area contributed by atoms with E-state index in [4.69, 9.17) is 15.0 Å². The standard InChI is InChI=1S/C10H16N2O6S2/c1-2-18-10-7-8(3-4-9(10)11)20(16,17)12-5-6-19(13,14)15/h3-4,7,12H,2,5-6,11H2,1H3,(H,13,14,15). The van der Waals surface area contributed by atoms with Crippen molar-refractivity contribution in [2.75, 3.05) is 24.6 Å². The minimum Gasteiger partial charge on any atom is -0.492 e. The highest BCUT2D eigenvalue weighted by atomic mass is 32.2. The summed E-state index contributed by atoms with van der Waals surface area (Å²) in [5, 5.41) is 0. The molecule has 114 valence electrons. The van der Waals surface area contributed by atoms with Crippen LogP contribution in [0.25, 0.3) is 0 Å². The first-order valence-electron chi connectivity index (χ1n) is 5.63. The molecule has 0 heterocycles. The second kappa shape index (κ2) is 6.39. The fourth-order valence-electron chi connectivity index (χ4n) is 1.35. The summed E-state index contributed by atoms with van der Waals surface area (Å²) >= 11 is 0. The van der Waals surface area contributed by atoms with Gasteiger partial charge in [0.05, 0.1) is 22.9 Å². The Morgan fingerprint density at radius 1 is 1.30 bits per heavy atom. The lowest BCUT2D eigenvalue weighted by Gasteiger charge is -2.10. The largest absolute Gasteiger partial charge is 0.492 e. The summed E-state index contributed by atoms with van der Waals surface area (Å²) in [5.74, 6) is -0.482. The third-order valence-electron chi connectivity index (χ3n) is 2.25. The highest BCUT2D eigenvalue weighted by Crippen LogP contribution is 2.25. The molecule has 4 N–H and O–H groups in total. The zero-order valence-electron chi connectivity index (χ0n) is 10.7. The topological polar surface area (TPSA) is 136 Å². The molecule has 0 saturated carbocycles. The molecule has 0 aliphatic rings. The van der Waals surface area contributed by atoms with Gasteiger partial charge in [-0.1, -0.05) is 0 Å². The van der Waals surface area contributed by atoms with Gasteiger partial charge in [-0.25, -0.2) is 13.1 Å². The van der Waals surface area contributed by atoms with Crippen LogP contribution in [0.4, 0.5) is 5.69 Å². The quantitative estimate of drug-likeness (QED) is 0.468. The first-order chi connectivity index (χ1) is 9.15. The Morgan fingerprint density at radius 3 is 2.50 bits per heavy atom. The molecule has 10 heteroatoms. The van der Waals surface area contributed by atoms with Gasteiger partial charge >= 0.3 is 0 Å². The molecule has 0 atom stereocenters. The number of hydrogen-bond acceptors (Lipinski definition) is 6. The van der Waals surface area contributed by atoms with Gasteiger partial charge in [0.25, 0.3) is 10.1 Å². The van der Waals surface area contributed by atoms with Crippen molar-refractivity contribution in [2.24, 2.45) is 0 Å². The number of nitrogen functional groups attached to an aromatic ring is 1. The van der Waals surface area contributed by atoms with Crippen LogP contribution in [-0.2, 0) is 20.1 Å². The molecule has 0 unspecified atom stereocenters. The third-order valence-corrected chi connectivity index (χ3v) is 4.43. The molecular formula is C10H16N2O6S2. The molecule has 1 rings (SSSR count). The summed E-state index contributed by atoms with van der Waals surface area (Å²) in [6.45, 7) is 1.62. The number of sulfonamides is 1. The number of anilines is 1. The molecule has 0 spiro atoms. The molecule has 0 aliphatic carbocycles. The van der Waals surface area contributed by atoms with Gasteiger partial charge in [-0.05, 0) is 19.1 Å². The van der Waals surface area contributed by atoms with Crippen LogP contribution in [0.2, 0.25) is 0 Å². The molecule has 0 aliphatic heterocycles. The Kier molecular flexibility index (Phi) is 5.34. The Bertz CT molecular complexity index is 669. The predicted octanol–water partition coefficient (Wildman–Crippen LogP) is -0.166. The fourth-order valence-corrected chi connectivity index (χ4v) is 2.89. The number of hydrogen-bond donors (Lipinski definition) is 3. The van der Waals surface area contributed by atoms with E-state index in [1.165, 1.54) is 18.2 Å². The van der Waals surface area contributed by atoms with Crippen LogP contribution >= 0.6 is 0 Å². The molecule has 0 amide bonds. The van der Waals surface area contributed by atoms with Gasteiger partial charge in [-0.15, -0.1) is 0 Å². The van der Waals surface area contributed by atoms with Crippen molar-refractivity contribution < 1.29 is 26.1 Å². The van der Waals surface area contributed by atoms with E-state index >= 15 is 0 Å². The summed E-state index contributed by atoms with van der Waals surface area (Å²) in [7, 11) is -8.13. The molecule has 0 bridgehead atoms. The van der Waals surface area contributed by atoms with Crippen molar-refractivity contribution in [3.8, 4) is 5.75 Å². The van der Waals surface area contributed by atoms with E-state index < -0.39 is 32.4 Å². The van der Waals surface area contributed by atoms with Crippen LogP contribution in [0.15, 0.2) is 23.1 Å². The molecule has 0 radical (unpaired) electrons. The average molecular weight is 324 g/mol. The summed E-state index contributed by atoms with van der Waals surface area (Å²) in [4.78, 5) is -0.106. The Balaban J connectivity index is 2.90. The molecule has 0 aromatic heterocycles. The molecule has 20 heavy (non-hydrogen) atoms. The first kappa shape index (κ1) is 16.7. The Morgan fingerprint density at radius 2 is 1.95 bits per heavy atom. The van der Waals surface area contributed by atoms with E-state index in [0.29, 0.717) is 12.3 Å². The molecule has 0 saturated heterocycles. The second-order valence-electron chi connectivity index (χ2n) is 3.82. The van der Waals surface area contributed by atoms with Crippen molar-refractivity contribution in [1.82, 2.24) is 4.72 Å². The zero-order chi connectivity index (χ0) is 15.4. The maximum Gasteiger partial charge on any atom is 0.266 e. The summed E-state index contributed by atoms with van der Waals surface area (Å²) < 4.78 is 60.6. The smallest absolute Gasteiger partial charge is 0.266 e. The summed E-state index contributed by atoms with van der Waals surface area (Å²) in [6.07, 6.45) is 0. The van der Waals surface area contributed by atoms with E-state index in [-0.39, 0.29) is 10.6 Å². The van der Waals surface area contributed by atoms with E-state index in [1.54, 1.807) is 6.92 Å². The SMILES string of the molecule is CCOc1cc(S(=O)(=O)NCCS(=O)(=O)O)ccc1N. The normalized spacial score (nSPS) is 12.3. The van der Waals surface area contributed by atoms with Crippen molar-refractivity contribution in [3.63, 3.8) is 0 Å². The van der Waals surface area contributed by atoms with Gasteiger partial charge in [-0.3, -0.25) is 4.55 Å². The zero-order valence-corrected chi connectivity index (χ0v) is 12.4. The number of nitrogens with two attached hydrogens (primary N) is 1. The average Bonchev–Trinajstić information content (AvgIpc) is 2.30. The number of ether oxygens (including phenoxy) is 1. The number of nitrogens with one attached hydrogen (secondary N) is 1. The Labute approximate surface area is 117 Å². The van der Waals surface area contributed by atoms with E-state index in [0.717, 1.165) is 0 Å². The Hall–Kier alpha value is -1.36. The summed E-state index contributed by atoms with van der Waals surface area (Å²) in [6, 6.07) is 3.89. The number of benzene rings is 1. The predicted molar refractivity (Wildman–Crippen MR) is 73.6 cm³/mol.